The number of ether oxygens (including phenoxy) is 1. The number of carboxylic acids is 1. The van der Waals surface area contributed by atoms with Crippen molar-refractivity contribution in [2.75, 3.05) is 7.05 Å². The molecule has 1 aromatic heterocycles. The van der Waals surface area contributed by atoms with E-state index in [1.807, 2.05) is 18.5 Å². The molecular weight excluding hydrogens is 492 g/mol. The Hall–Kier alpha value is -2.96. The van der Waals surface area contributed by atoms with Gasteiger partial charge in [-0.15, -0.1) is 0 Å². The van der Waals surface area contributed by atoms with Crippen molar-refractivity contribution >= 4 is 23.4 Å². The monoisotopic (exact) mass is 534 g/mol. The Balaban J connectivity index is 1.21. The lowest BCUT2D eigenvalue weighted by molar-refractivity contribution is -0.153. The second-order valence-electron chi connectivity index (χ2n) is 12.6. The van der Waals surface area contributed by atoms with Gasteiger partial charge in [0.2, 0.25) is 5.91 Å². The summed E-state index contributed by atoms with van der Waals surface area (Å²) in [5, 5.41) is 8.98. The topological polar surface area (TPSA) is 96.8 Å². The van der Waals surface area contributed by atoms with Gasteiger partial charge < -0.3 is 14.7 Å². The molecule has 2 fully saturated rings. The molecular formula is C32H42N2O5. The second kappa shape index (κ2) is 11.3. The van der Waals surface area contributed by atoms with Crippen LogP contribution in [-0.4, -0.2) is 52.0 Å². The lowest BCUT2D eigenvalue weighted by Crippen LogP contribution is -2.41. The smallest absolute Gasteiger partial charge is 0.315 e. The number of carbonyl (C=O) groups is 3. The lowest BCUT2D eigenvalue weighted by Gasteiger charge is -2.49. The minimum Gasteiger partial charge on any atom is -0.481 e. The lowest BCUT2D eigenvalue weighted by atomic mass is 9.55. The quantitative estimate of drug-likeness (QED) is 0.275. The van der Waals surface area contributed by atoms with E-state index in [4.69, 9.17) is 9.84 Å². The summed E-state index contributed by atoms with van der Waals surface area (Å²) in [7, 11) is 1.54. The van der Waals surface area contributed by atoms with Crippen molar-refractivity contribution < 1.29 is 24.2 Å². The summed E-state index contributed by atoms with van der Waals surface area (Å²) in [6.07, 6.45) is 16.5. The maximum Gasteiger partial charge on any atom is 0.315 e. The maximum absolute atomic E-state index is 12.7. The number of rotatable bonds is 7. The predicted molar refractivity (Wildman–Crippen MR) is 148 cm³/mol. The van der Waals surface area contributed by atoms with E-state index in [9.17, 15) is 14.4 Å². The van der Waals surface area contributed by atoms with Gasteiger partial charge in [0.1, 0.15) is 12.5 Å². The van der Waals surface area contributed by atoms with Crippen LogP contribution in [0.4, 0.5) is 0 Å². The van der Waals surface area contributed by atoms with E-state index in [0.717, 1.165) is 38.5 Å². The van der Waals surface area contributed by atoms with Crippen LogP contribution >= 0.6 is 0 Å². The molecule has 1 aromatic rings. The van der Waals surface area contributed by atoms with Crippen molar-refractivity contribution in [2.45, 2.75) is 90.2 Å². The molecule has 4 aliphatic rings. The van der Waals surface area contributed by atoms with Gasteiger partial charge in [-0.05, 0) is 98.2 Å². The van der Waals surface area contributed by atoms with Gasteiger partial charge >= 0.3 is 11.9 Å². The molecule has 1 amide bonds. The first kappa shape index (κ1) is 27.6. The number of fused-ring (bicyclic) bond motifs is 6. The summed E-state index contributed by atoms with van der Waals surface area (Å²) < 4.78 is 5.83. The van der Waals surface area contributed by atoms with Crippen molar-refractivity contribution in [1.82, 2.24) is 9.88 Å². The highest BCUT2D eigenvalue weighted by Crippen LogP contribution is 2.62. The fourth-order valence-corrected chi connectivity index (χ4v) is 8.14. The number of hydrogen-bond donors (Lipinski definition) is 1. The average molecular weight is 535 g/mol. The molecule has 210 valence electrons. The van der Waals surface area contributed by atoms with Gasteiger partial charge in [0.05, 0.1) is 6.42 Å². The van der Waals surface area contributed by atoms with E-state index in [2.05, 4.69) is 30.1 Å². The third-order valence-electron chi connectivity index (χ3n) is 10.3. The number of hydrogen-bond acceptors (Lipinski definition) is 5. The third-order valence-corrected chi connectivity index (χ3v) is 10.3. The SMILES string of the molecule is CC(CC(=O)O)N(C)C(=O)CC(=O)O[C@H]1CC[C@@H]2CC(=CC[C@@H]3[C@@H]2CC[C@]2(C)C(c4cccnc4)=CC[C@@H]32)C1. The Labute approximate surface area is 231 Å². The Kier molecular flexibility index (Phi) is 7.97. The van der Waals surface area contributed by atoms with Crippen LogP contribution in [0.15, 0.2) is 42.3 Å². The Morgan fingerprint density at radius 3 is 2.72 bits per heavy atom. The summed E-state index contributed by atoms with van der Waals surface area (Å²) in [6, 6.07) is 3.77. The molecule has 0 aromatic carbocycles. The summed E-state index contributed by atoms with van der Waals surface area (Å²) in [4.78, 5) is 41.9. The van der Waals surface area contributed by atoms with Gasteiger partial charge in [-0.3, -0.25) is 19.4 Å². The Morgan fingerprint density at radius 1 is 1.15 bits per heavy atom. The summed E-state index contributed by atoms with van der Waals surface area (Å²) in [6.45, 7) is 4.15. The van der Waals surface area contributed by atoms with Crippen LogP contribution in [0.2, 0.25) is 0 Å². The molecule has 2 saturated carbocycles. The minimum atomic E-state index is -0.971. The molecule has 0 radical (unpaired) electrons. The number of esters is 1. The summed E-state index contributed by atoms with van der Waals surface area (Å²) in [5.41, 5.74) is 4.37. The molecule has 7 heteroatoms. The molecule has 5 rings (SSSR count). The highest BCUT2D eigenvalue weighted by Gasteiger charge is 2.52. The molecule has 39 heavy (non-hydrogen) atoms. The highest BCUT2D eigenvalue weighted by atomic mass is 16.5. The normalized spacial score (nSPS) is 32.3. The predicted octanol–water partition coefficient (Wildman–Crippen LogP) is 5.66. The van der Waals surface area contributed by atoms with Gasteiger partial charge in [-0.1, -0.05) is 30.7 Å². The van der Waals surface area contributed by atoms with Crippen LogP contribution in [0.3, 0.4) is 0 Å². The maximum atomic E-state index is 12.7. The van der Waals surface area contributed by atoms with Crippen molar-refractivity contribution in [3.05, 3.63) is 47.8 Å². The highest BCUT2D eigenvalue weighted by molar-refractivity contribution is 5.94. The molecule has 1 heterocycles. The van der Waals surface area contributed by atoms with Crippen LogP contribution in [0, 0.1) is 29.1 Å². The fraction of sp³-hybridized carbons (Fsp3) is 0.625. The van der Waals surface area contributed by atoms with Gasteiger partial charge in [0.25, 0.3) is 0 Å². The molecule has 0 aliphatic heterocycles. The molecule has 7 nitrogen and oxygen atoms in total. The van der Waals surface area contributed by atoms with E-state index in [1.54, 1.807) is 6.92 Å². The largest absolute Gasteiger partial charge is 0.481 e. The number of carbonyl (C=O) groups excluding carboxylic acids is 2. The number of aliphatic carboxylic acids is 1. The molecule has 2 bridgehead atoms. The number of nitrogens with zero attached hydrogens (tertiary/aromatic N) is 2. The van der Waals surface area contributed by atoms with E-state index >= 15 is 0 Å². The first-order valence-electron chi connectivity index (χ1n) is 14.6. The number of pyridine rings is 1. The minimum absolute atomic E-state index is 0.154. The fourth-order valence-electron chi connectivity index (χ4n) is 8.14. The number of aromatic nitrogens is 1. The second-order valence-corrected chi connectivity index (χ2v) is 12.6. The van der Waals surface area contributed by atoms with Crippen molar-refractivity contribution in [3.63, 3.8) is 0 Å². The van der Waals surface area contributed by atoms with Crippen molar-refractivity contribution in [2.24, 2.45) is 29.1 Å². The van der Waals surface area contributed by atoms with Gasteiger partial charge in [0.15, 0.2) is 0 Å². The number of carboxylic acid groups (broad SMARTS) is 1. The molecule has 1 N–H and O–H groups in total. The van der Waals surface area contributed by atoms with Gasteiger partial charge in [0, 0.05) is 31.9 Å². The Bertz CT molecular complexity index is 1160. The third kappa shape index (κ3) is 5.68. The van der Waals surface area contributed by atoms with E-state index in [0.29, 0.717) is 23.7 Å². The number of amides is 1. The zero-order chi connectivity index (χ0) is 27.7. The molecule has 1 unspecified atom stereocenters. The van der Waals surface area contributed by atoms with Crippen LogP contribution in [0.25, 0.3) is 5.57 Å². The molecule has 0 saturated heterocycles. The van der Waals surface area contributed by atoms with Crippen LogP contribution in [0.5, 0.6) is 0 Å². The van der Waals surface area contributed by atoms with Gasteiger partial charge in [-0.25, -0.2) is 0 Å². The van der Waals surface area contributed by atoms with Crippen LogP contribution in [0.1, 0.15) is 83.6 Å². The standard InChI is InChI=1S/C32H42N2O5/c1-20(15-30(36)37)34(3)29(35)18-31(38)39-24-8-7-22-16-21(17-24)6-9-26-25(22)12-13-32(2)27(10-11-28(26)32)23-5-4-14-33-19-23/h4-6,10,14,19-20,22,24-26,28H,7-9,11-13,15-18H2,1-3H3,(H,36,37)/t20?,22-,24+,25-,26-,28+,32-/m1/s1. The summed E-state index contributed by atoms with van der Waals surface area (Å²) >= 11 is 0. The average Bonchev–Trinajstić information content (AvgIpc) is 3.02. The zero-order valence-electron chi connectivity index (χ0n) is 23.5. The first-order valence-corrected chi connectivity index (χ1v) is 14.6. The van der Waals surface area contributed by atoms with Crippen molar-refractivity contribution in [1.29, 1.82) is 0 Å². The van der Waals surface area contributed by atoms with Gasteiger partial charge in [-0.2, -0.15) is 0 Å². The van der Waals surface area contributed by atoms with Crippen LogP contribution < -0.4 is 0 Å². The molecule has 0 spiro atoms. The molecule has 7 atom stereocenters. The molecule has 4 aliphatic carbocycles. The zero-order valence-corrected chi connectivity index (χ0v) is 23.5. The number of allylic oxidation sites excluding steroid dienone is 3. The first-order chi connectivity index (χ1) is 18.7. The van der Waals surface area contributed by atoms with E-state index < -0.39 is 23.9 Å². The van der Waals surface area contributed by atoms with Crippen molar-refractivity contribution in [3.8, 4) is 0 Å². The summed E-state index contributed by atoms with van der Waals surface area (Å²) in [5.74, 6) is 0.756. The van der Waals surface area contributed by atoms with E-state index in [1.165, 1.54) is 41.5 Å². The Morgan fingerprint density at radius 2 is 1.97 bits per heavy atom. The van der Waals surface area contributed by atoms with E-state index in [-0.39, 0.29) is 24.4 Å². The van der Waals surface area contributed by atoms with Crippen LogP contribution in [-0.2, 0) is 19.1 Å².